The van der Waals surface area contributed by atoms with E-state index in [4.69, 9.17) is 9.47 Å². The first kappa shape index (κ1) is 14.2. The van der Waals surface area contributed by atoms with E-state index in [0.29, 0.717) is 29.9 Å². The van der Waals surface area contributed by atoms with Crippen molar-refractivity contribution in [3.05, 3.63) is 42.0 Å². The van der Waals surface area contributed by atoms with E-state index in [0.717, 1.165) is 6.54 Å². The van der Waals surface area contributed by atoms with E-state index < -0.39 is 0 Å². The van der Waals surface area contributed by atoms with Gasteiger partial charge in [-0.25, -0.2) is 9.37 Å². The van der Waals surface area contributed by atoms with Crippen LogP contribution in [-0.2, 0) is 11.3 Å². The number of nitrogens with zero attached hydrogens (tertiary/aromatic N) is 2. The maximum Gasteiger partial charge on any atom is 0.224 e. The van der Waals surface area contributed by atoms with Crippen molar-refractivity contribution in [2.24, 2.45) is 0 Å². The molecule has 0 aliphatic heterocycles. The van der Waals surface area contributed by atoms with Crippen molar-refractivity contribution in [1.82, 2.24) is 9.97 Å². The molecule has 0 spiro atoms. The van der Waals surface area contributed by atoms with Crippen LogP contribution >= 0.6 is 0 Å². The van der Waals surface area contributed by atoms with Gasteiger partial charge < -0.3 is 14.8 Å². The SMILES string of the molecule is CCNc1cc(Oc2ccc(F)cc2)nc(COC)n1. The molecule has 5 nitrogen and oxygen atoms in total. The highest BCUT2D eigenvalue weighted by Gasteiger charge is 2.06. The second-order valence-electron chi connectivity index (χ2n) is 4.03. The number of methoxy groups -OCH3 is 1. The zero-order chi connectivity index (χ0) is 14.4. The molecular weight excluding hydrogens is 261 g/mol. The van der Waals surface area contributed by atoms with Crippen LogP contribution in [0.25, 0.3) is 0 Å². The zero-order valence-electron chi connectivity index (χ0n) is 11.4. The normalized spacial score (nSPS) is 10.3. The van der Waals surface area contributed by atoms with Gasteiger partial charge in [0, 0.05) is 19.7 Å². The van der Waals surface area contributed by atoms with Crippen molar-refractivity contribution in [2.75, 3.05) is 19.0 Å². The van der Waals surface area contributed by atoms with Crippen molar-refractivity contribution < 1.29 is 13.9 Å². The number of anilines is 1. The van der Waals surface area contributed by atoms with Crippen LogP contribution in [0.1, 0.15) is 12.7 Å². The summed E-state index contributed by atoms with van der Waals surface area (Å²) in [7, 11) is 1.57. The van der Waals surface area contributed by atoms with E-state index >= 15 is 0 Å². The second-order valence-corrected chi connectivity index (χ2v) is 4.03. The van der Waals surface area contributed by atoms with E-state index in [1.165, 1.54) is 12.1 Å². The van der Waals surface area contributed by atoms with Gasteiger partial charge >= 0.3 is 0 Å². The fraction of sp³-hybridized carbons (Fsp3) is 0.286. The Kier molecular flexibility index (Phi) is 4.84. The number of benzene rings is 1. The van der Waals surface area contributed by atoms with E-state index in [2.05, 4.69) is 15.3 Å². The molecule has 0 amide bonds. The van der Waals surface area contributed by atoms with Gasteiger partial charge in [0.2, 0.25) is 5.88 Å². The lowest BCUT2D eigenvalue weighted by Gasteiger charge is -2.09. The highest BCUT2D eigenvalue weighted by atomic mass is 19.1. The molecule has 0 unspecified atom stereocenters. The third kappa shape index (κ3) is 3.89. The molecule has 2 rings (SSSR count). The molecule has 20 heavy (non-hydrogen) atoms. The first-order valence-electron chi connectivity index (χ1n) is 6.25. The van der Waals surface area contributed by atoms with Gasteiger partial charge in [0.15, 0.2) is 5.82 Å². The molecular formula is C14H16FN3O2. The van der Waals surface area contributed by atoms with Crippen molar-refractivity contribution in [3.8, 4) is 11.6 Å². The Morgan fingerprint density at radius 3 is 2.60 bits per heavy atom. The lowest BCUT2D eigenvalue weighted by molar-refractivity contribution is 0.177. The third-order valence-electron chi connectivity index (χ3n) is 2.42. The molecule has 0 saturated carbocycles. The van der Waals surface area contributed by atoms with Crippen molar-refractivity contribution >= 4 is 5.82 Å². The average Bonchev–Trinajstić information content (AvgIpc) is 2.42. The monoisotopic (exact) mass is 277 g/mol. The number of hydrogen-bond donors (Lipinski definition) is 1. The van der Waals surface area contributed by atoms with Crippen LogP contribution in [0.15, 0.2) is 30.3 Å². The fourth-order valence-corrected chi connectivity index (χ4v) is 1.61. The van der Waals surface area contributed by atoms with Gasteiger partial charge in [-0.1, -0.05) is 0 Å². The molecule has 1 aromatic carbocycles. The molecule has 0 radical (unpaired) electrons. The molecule has 6 heteroatoms. The molecule has 2 aromatic rings. The lowest BCUT2D eigenvalue weighted by Crippen LogP contribution is -2.05. The minimum atomic E-state index is -0.312. The van der Waals surface area contributed by atoms with Crippen LogP contribution in [-0.4, -0.2) is 23.6 Å². The van der Waals surface area contributed by atoms with Crippen LogP contribution < -0.4 is 10.1 Å². The maximum atomic E-state index is 12.8. The molecule has 0 saturated heterocycles. The molecule has 0 aliphatic rings. The van der Waals surface area contributed by atoms with Crippen LogP contribution in [0.3, 0.4) is 0 Å². The Morgan fingerprint density at radius 1 is 1.20 bits per heavy atom. The molecule has 1 aromatic heterocycles. The maximum absolute atomic E-state index is 12.8. The largest absolute Gasteiger partial charge is 0.439 e. The average molecular weight is 277 g/mol. The molecule has 1 N–H and O–H groups in total. The Hall–Kier alpha value is -2.21. The minimum Gasteiger partial charge on any atom is -0.439 e. The van der Waals surface area contributed by atoms with E-state index in [-0.39, 0.29) is 5.82 Å². The van der Waals surface area contributed by atoms with Gasteiger partial charge in [-0.15, -0.1) is 0 Å². The summed E-state index contributed by atoms with van der Waals surface area (Å²) in [6.07, 6.45) is 0. The van der Waals surface area contributed by atoms with Crippen LogP contribution in [0, 0.1) is 5.82 Å². The summed E-state index contributed by atoms with van der Waals surface area (Å²) < 4.78 is 23.5. The second kappa shape index (κ2) is 6.81. The van der Waals surface area contributed by atoms with Gasteiger partial charge in [0.1, 0.15) is 24.0 Å². The summed E-state index contributed by atoms with van der Waals surface area (Å²) in [6, 6.07) is 7.43. The topological polar surface area (TPSA) is 56.3 Å². The van der Waals surface area contributed by atoms with Crippen LogP contribution in [0.4, 0.5) is 10.2 Å². The van der Waals surface area contributed by atoms with E-state index in [9.17, 15) is 4.39 Å². The summed E-state index contributed by atoms with van der Waals surface area (Å²) in [5.41, 5.74) is 0. The van der Waals surface area contributed by atoms with Crippen molar-refractivity contribution in [1.29, 1.82) is 0 Å². The molecule has 0 bridgehead atoms. The highest BCUT2D eigenvalue weighted by molar-refractivity contribution is 5.40. The van der Waals surface area contributed by atoms with Gasteiger partial charge in [-0.3, -0.25) is 0 Å². The number of nitrogens with one attached hydrogen (secondary N) is 1. The lowest BCUT2D eigenvalue weighted by atomic mass is 10.3. The van der Waals surface area contributed by atoms with Crippen LogP contribution in [0.5, 0.6) is 11.6 Å². The standard InChI is InChI=1S/C14H16FN3O2/c1-3-16-12-8-14(18-13(17-12)9-19-2)20-11-6-4-10(15)5-7-11/h4-8H,3,9H2,1-2H3,(H,16,17,18). The molecule has 0 aliphatic carbocycles. The summed E-state index contributed by atoms with van der Waals surface area (Å²) in [6.45, 7) is 3.00. The Morgan fingerprint density at radius 2 is 1.95 bits per heavy atom. The van der Waals surface area contributed by atoms with Gasteiger partial charge in [-0.05, 0) is 31.2 Å². The number of rotatable bonds is 6. The Balaban J connectivity index is 2.22. The molecule has 1 heterocycles. The molecule has 106 valence electrons. The quantitative estimate of drug-likeness (QED) is 0.879. The molecule has 0 atom stereocenters. The zero-order valence-corrected chi connectivity index (χ0v) is 11.4. The Bertz CT molecular complexity index is 537. The Labute approximate surface area is 116 Å². The number of halogens is 1. The van der Waals surface area contributed by atoms with Gasteiger partial charge in [-0.2, -0.15) is 4.98 Å². The van der Waals surface area contributed by atoms with E-state index in [1.54, 1.807) is 25.3 Å². The van der Waals surface area contributed by atoms with Crippen molar-refractivity contribution in [2.45, 2.75) is 13.5 Å². The summed E-state index contributed by atoms with van der Waals surface area (Å²) in [5, 5.41) is 3.09. The summed E-state index contributed by atoms with van der Waals surface area (Å²) >= 11 is 0. The van der Waals surface area contributed by atoms with Gasteiger partial charge in [0.25, 0.3) is 0 Å². The summed E-state index contributed by atoms with van der Waals surface area (Å²) in [4.78, 5) is 8.51. The first-order chi connectivity index (χ1) is 9.71. The first-order valence-corrected chi connectivity index (χ1v) is 6.25. The fourth-order valence-electron chi connectivity index (χ4n) is 1.61. The van der Waals surface area contributed by atoms with E-state index in [1.807, 2.05) is 6.92 Å². The van der Waals surface area contributed by atoms with Crippen molar-refractivity contribution in [3.63, 3.8) is 0 Å². The van der Waals surface area contributed by atoms with Gasteiger partial charge in [0.05, 0.1) is 0 Å². The summed E-state index contributed by atoms with van der Waals surface area (Å²) in [5.74, 6) is 1.76. The smallest absolute Gasteiger partial charge is 0.224 e. The number of aromatic nitrogens is 2. The predicted molar refractivity (Wildman–Crippen MR) is 73.4 cm³/mol. The minimum absolute atomic E-state index is 0.291. The van der Waals surface area contributed by atoms with Crippen LogP contribution in [0.2, 0.25) is 0 Å². The molecule has 0 fully saturated rings. The predicted octanol–water partition coefficient (Wildman–Crippen LogP) is 2.99. The third-order valence-corrected chi connectivity index (χ3v) is 2.42. The number of hydrogen-bond acceptors (Lipinski definition) is 5. The highest BCUT2D eigenvalue weighted by Crippen LogP contribution is 2.22. The number of ether oxygens (including phenoxy) is 2.